The minimum absolute atomic E-state index is 0.108. The monoisotopic (exact) mass is 829 g/mol. The van der Waals surface area contributed by atoms with Crippen molar-refractivity contribution in [1.29, 1.82) is 36.8 Å². The van der Waals surface area contributed by atoms with Crippen molar-refractivity contribution in [3.8, 4) is 42.5 Å². The highest BCUT2D eigenvalue weighted by Gasteiger charge is 2.30. The molecule has 0 atom stereocenters. The standard InChI is InChI=1S/C42H3N23/c1-16-17(9-43)24(50-2)33-27(18(16)10-44)57-37(60-33)22(14-48)39-63-40(23(15-49)38-58-29-21(13-47)26(52-4)30(53-5)32(55-7)35(29)61-38)65-42(64-39)36(56-8)41-59-28-20(12-46)19(11-45)25(51-3)31(54-6)34(28)62-41/h1H3/b37-22-,38-23-,41-36-. The summed E-state index contributed by atoms with van der Waals surface area (Å²) in [4.78, 5) is 61.8. The zero-order valence-corrected chi connectivity index (χ0v) is 31.8. The van der Waals surface area contributed by atoms with E-state index in [1.807, 2.05) is 24.3 Å². The van der Waals surface area contributed by atoms with E-state index >= 15 is 0 Å². The van der Waals surface area contributed by atoms with Crippen molar-refractivity contribution >= 4 is 51.0 Å². The molecule has 1 aromatic heterocycles. The number of nitriles is 7. The van der Waals surface area contributed by atoms with Gasteiger partial charge in [0, 0.05) is 0 Å². The third kappa shape index (κ3) is 5.81. The summed E-state index contributed by atoms with van der Waals surface area (Å²) < 4.78 is 0. The Kier molecular flexibility index (Phi) is 9.85. The molecule has 0 bridgehead atoms. The molecule has 7 rings (SSSR count). The molecule has 4 heterocycles. The lowest BCUT2D eigenvalue weighted by Crippen LogP contribution is -2.27. The van der Waals surface area contributed by atoms with Crippen LogP contribution in [0.1, 0.15) is 50.9 Å². The fourth-order valence-electron chi connectivity index (χ4n) is 6.44. The van der Waals surface area contributed by atoms with Gasteiger partial charge in [0.05, 0.1) is 119 Å². The minimum Gasteiger partial charge on any atom is -0.262 e. The van der Waals surface area contributed by atoms with Gasteiger partial charge in [-0.15, -0.1) is 0 Å². The van der Waals surface area contributed by atoms with Crippen LogP contribution in [0.5, 0.6) is 0 Å². The molecule has 3 aliphatic rings. The molecule has 0 saturated heterocycles. The Balaban J connectivity index is 1.64. The van der Waals surface area contributed by atoms with Gasteiger partial charge >= 0.3 is 0 Å². The van der Waals surface area contributed by atoms with E-state index in [9.17, 15) is 36.8 Å². The van der Waals surface area contributed by atoms with Crippen LogP contribution in [0.25, 0.3) is 50.8 Å². The topological polar surface area (TPSA) is 310 Å². The van der Waals surface area contributed by atoms with E-state index in [0.717, 1.165) is 0 Å². The van der Waals surface area contributed by atoms with Crippen LogP contribution < -0.4 is 32.1 Å². The van der Waals surface area contributed by atoms with Gasteiger partial charge < -0.3 is 0 Å². The van der Waals surface area contributed by atoms with Gasteiger partial charge in [-0.1, -0.05) is 0 Å². The summed E-state index contributed by atoms with van der Waals surface area (Å²) in [7, 11) is 0. The Hall–Kier alpha value is -12.5. The maximum atomic E-state index is 10.6. The molecule has 0 radical (unpaired) electrons. The SMILES string of the molecule is [C-]#[N+]/C(=C1/N=c2c(C#N)c(C#N)c([N+]#[C-])c([N+]#[C-])c2=N1)c1nc(/C(C#N)=C2/N=c3c(C#N)c(C)c(C#N)c([N+]#[C-])c3=N2)nc(/C(C#N)=C2/N=c3c(C#N)c([N+]#[C-])c([N+]#[C-])c([N+]#[C-])c3=N2)n1. The van der Waals surface area contributed by atoms with E-state index in [4.69, 9.17) is 46.0 Å². The van der Waals surface area contributed by atoms with Gasteiger partial charge in [0.15, 0.2) is 34.9 Å². The Morgan fingerprint density at radius 2 is 0.754 bits per heavy atom. The Morgan fingerprint density at radius 3 is 1.20 bits per heavy atom. The second-order valence-corrected chi connectivity index (χ2v) is 12.3. The molecule has 3 aliphatic heterocycles. The Bertz CT molecular complexity index is 3950. The number of aromatic nitrogens is 3. The summed E-state index contributed by atoms with van der Waals surface area (Å²) in [6, 6.07) is 12.7. The molecule has 0 spiro atoms. The molecule has 3 aromatic carbocycles. The zero-order valence-electron chi connectivity index (χ0n) is 31.8. The van der Waals surface area contributed by atoms with Gasteiger partial charge in [0.25, 0.3) is 5.70 Å². The summed E-state index contributed by atoms with van der Waals surface area (Å²) in [6.07, 6.45) is 0. The lowest BCUT2D eigenvalue weighted by molar-refractivity contribution is 0.958. The first-order valence-electron chi connectivity index (χ1n) is 17.0. The number of fused-ring (bicyclic) bond motifs is 3. The number of benzene rings is 3. The van der Waals surface area contributed by atoms with E-state index < -0.39 is 96.9 Å². The highest BCUT2D eigenvalue weighted by molar-refractivity contribution is 5.89. The molecule has 0 N–H and O–H groups in total. The van der Waals surface area contributed by atoms with Crippen molar-refractivity contribution in [2.45, 2.75) is 6.92 Å². The first-order valence-corrected chi connectivity index (χ1v) is 17.0. The fourth-order valence-corrected chi connectivity index (χ4v) is 6.44. The van der Waals surface area contributed by atoms with Crippen LogP contribution in [0, 0.1) is 132 Å². The predicted molar refractivity (Wildman–Crippen MR) is 211 cm³/mol. The lowest BCUT2D eigenvalue weighted by Gasteiger charge is -2.07. The highest BCUT2D eigenvalue weighted by atomic mass is 15.1. The normalized spacial score (nSPS) is 13.8. The maximum Gasteiger partial charge on any atom is 0.274 e. The summed E-state index contributed by atoms with van der Waals surface area (Å²) in [5.74, 6) is -3.67. The number of hydrogen-bond acceptors (Lipinski definition) is 16. The number of hydrogen-bond donors (Lipinski definition) is 0. The second-order valence-electron chi connectivity index (χ2n) is 12.3. The molecular weight excluding hydrogens is 827 g/mol. The average molecular weight is 830 g/mol. The van der Waals surface area contributed by atoms with Gasteiger partial charge in [0.2, 0.25) is 34.1 Å². The molecule has 286 valence electrons. The Morgan fingerprint density at radius 1 is 0.385 bits per heavy atom. The highest BCUT2D eigenvalue weighted by Crippen LogP contribution is 2.38. The van der Waals surface area contributed by atoms with Crippen molar-refractivity contribution < 1.29 is 0 Å². The third-order valence-corrected chi connectivity index (χ3v) is 9.26. The fraction of sp³-hybridized carbons (Fsp3) is 0.0238. The molecule has 65 heavy (non-hydrogen) atoms. The average Bonchev–Trinajstić information content (AvgIpc) is 4.08. The van der Waals surface area contributed by atoms with Crippen molar-refractivity contribution in [2.75, 3.05) is 0 Å². The summed E-state index contributed by atoms with van der Waals surface area (Å²) in [5, 5.41) is 69.2. The molecule has 0 amide bonds. The van der Waals surface area contributed by atoms with E-state index in [1.54, 1.807) is 18.2 Å². The largest absolute Gasteiger partial charge is 0.274 e. The van der Waals surface area contributed by atoms with Crippen molar-refractivity contribution in [3.05, 3.63) is 180 Å². The van der Waals surface area contributed by atoms with Crippen LogP contribution >= 0.6 is 0 Å². The molecule has 23 heteroatoms. The van der Waals surface area contributed by atoms with Crippen molar-refractivity contribution in [1.82, 2.24) is 15.0 Å². The molecule has 0 unspecified atom stereocenters. The van der Waals surface area contributed by atoms with Crippen LogP contribution in [0.3, 0.4) is 0 Å². The maximum absolute atomic E-state index is 10.6. The van der Waals surface area contributed by atoms with Crippen molar-refractivity contribution in [2.24, 2.45) is 30.0 Å². The second kappa shape index (κ2) is 15.7. The van der Waals surface area contributed by atoms with Crippen LogP contribution in [0.4, 0.5) is 34.1 Å². The molecule has 4 aromatic rings. The smallest absolute Gasteiger partial charge is 0.262 e. The van der Waals surface area contributed by atoms with Gasteiger partial charge in [-0.2, -0.15) is 36.8 Å². The number of rotatable bonds is 3. The summed E-state index contributed by atoms with van der Waals surface area (Å²) >= 11 is 0. The van der Waals surface area contributed by atoms with E-state index in [2.05, 4.69) is 78.8 Å². The third-order valence-electron chi connectivity index (χ3n) is 9.26. The van der Waals surface area contributed by atoms with E-state index in [-0.39, 0.29) is 54.5 Å². The first kappa shape index (κ1) is 40.7. The van der Waals surface area contributed by atoms with Crippen LogP contribution in [0.15, 0.2) is 47.4 Å². The Labute approximate surface area is 361 Å². The predicted octanol–water partition coefficient (Wildman–Crippen LogP) is 3.63. The van der Waals surface area contributed by atoms with Crippen LogP contribution in [-0.2, 0) is 0 Å². The van der Waals surface area contributed by atoms with Gasteiger partial charge in [0.1, 0.15) is 40.8 Å². The van der Waals surface area contributed by atoms with Gasteiger partial charge in [-0.05, 0) is 12.5 Å². The van der Waals surface area contributed by atoms with E-state index in [0.29, 0.717) is 0 Å². The van der Waals surface area contributed by atoms with Crippen molar-refractivity contribution in [3.63, 3.8) is 0 Å². The van der Waals surface area contributed by atoms with Crippen LogP contribution in [0.2, 0.25) is 0 Å². The van der Waals surface area contributed by atoms with E-state index in [1.165, 1.54) is 6.92 Å². The summed E-state index contributed by atoms with van der Waals surface area (Å²) in [5.41, 5.74) is -6.19. The minimum atomic E-state index is -0.691. The molecular formula is C42H3N23. The van der Waals surface area contributed by atoms with Gasteiger partial charge in [-0.25, -0.2) is 64.1 Å². The zero-order chi connectivity index (χ0) is 46.9. The molecule has 0 saturated carbocycles. The number of nitrogens with zero attached hydrogens (tertiary/aromatic N) is 23. The lowest BCUT2D eigenvalue weighted by atomic mass is 10.0. The first-order chi connectivity index (χ1) is 31.5. The number of allylic oxidation sites excluding steroid dienone is 2. The molecule has 23 nitrogen and oxygen atoms in total. The van der Waals surface area contributed by atoms with Crippen LogP contribution in [-0.4, -0.2) is 15.0 Å². The van der Waals surface area contributed by atoms with Gasteiger partial charge in [-0.3, -0.25) is 14.7 Å². The molecule has 0 fully saturated rings. The summed E-state index contributed by atoms with van der Waals surface area (Å²) in [6.45, 7) is 55.6. The molecule has 0 aliphatic carbocycles. The quantitative estimate of drug-likeness (QED) is 0.213.